The van der Waals surface area contributed by atoms with Crippen LogP contribution in [-0.2, 0) is 4.79 Å². The molecule has 0 bridgehead atoms. The Morgan fingerprint density at radius 3 is 2.76 bits per heavy atom. The van der Waals surface area contributed by atoms with Crippen molar-refractivity contribution in [2.75, 3.05) is 31.6 Å². The van der Waals surface area contributed by atoms with Crippen LogP contribution in [0.4, 0.5) is 4.79 Å². The third-order valence-electron chi connectivity index (χ3n) is 2.02. The predicted octanol–water partition coefficient (Wildman–Crippen LogP) is 0.715. The molecule has 2 amide bonds. The molecule has 6 heteroatoms. The van der Waals surface area contributed by atoms with Gasteiger partial charge in [-0.15, -0.1) is 18.2 Å². The van der Waals surface area contributed by atoms with Gasteiger partial charge in [-0.2, -0.15) is 0 Å². The monoisotopic (exact) mass is 258 g/mol. The quantitative estimate of drug-likeness (QED) is 0.521. The fourth-order valence-electron chi connectivity index (χ4n) is 1.07. The van der Waals surface area contributed by atoms with Crippen LogP contribution in [0, 0.1) is 18.3 Å². The van der Waals surface area contributed by atoms with Crippen molar-refractivity contribution in [2.45, 2.75) is 6.92 Å². The average molecular weight is 258 g/mol. The van der Waals surface area contributed by atoms with Crippen LogP contribution in [0.15, 0.2) is 0 Å². The zero-order valence-electron chi connectivity index (χ0n) is 10.1. The zero-order chi connectivity index (χ0) is 13.3. The van der Waals surface area contributed by atoms with E-state index in [2.05, 4.69) is 11.2 Å². The van der Waals surface area contributed by atoms with Crippen molar-refractivity contribution in [3.05, 3.63) is 0 Å². The highest BCUT2D eigenvalue weighted by molar-refractivity contribution is 7.99. The molecular formula is C11H18N2O3S. The van der Waals surface area contributed by atoms with E-state index in [1.807, 2.05) is 0 Å². The van der Waals surface area contributed by atoms with Gasteiger partial charge in [0.25, 0.3) is 0 Å². The summed E-state index contributed by atoms with van der Waals surface area (Å²) >= 11 is 1.56. The van der Waals surface area contributed by atoms with E-state index >= 15 is 0 Å². The summed E-state index contributed by atoms with van der Waals surface area (Å²) < 4.78 is 0. The van der Waals surface area contributed by atoms with E-state index in [1.165, 1.54) is 4.90 Å². The number of urea groups is 1. The standard InChI is InChI=1S/C11H18N2O3S/c1-4-6-17-7-5-12-11(16)13(3)8-9(2)10(14)15/h1,9H,5-8H2,2-3H3,(H,12,16)(H,14,15). The molecule has 96 valence electrons. The van der Waals surface area contributed by atoms with E-state index in [0.717, 1.165) is 5.75 Å². The van der Waals surface area contributed by atoms with Crippen molar-refractivity contribution in [3.8, 4) is 12.3 Å². The Morgan fingerprint density at radius 2 is 2.24 bits per heavy atom. The largest absolute Gasteiger partial charge is 0.481 e. The summed E-state index contributed by atoms with van der Waals surface area (Å²) in [5, 5.41) is 11.4. The van der Waals surface area contributed by atoms with Crippen LogP contribution >= 0.6 is 11.8 Å². The molecule has 5 nitrogen and oxygen atoms in total. The lowest BCUT2D eigenvalue weighted by Gasteiger charge is -2.19. The highest BCUT2D eigenvalue weighted by Gasteiger charge is 2.16. The molecule has 0 rings (SSSR count). The molecule has 2 N–H and O–H groups in total. The van der Waals surface area contributed by atoms with Crippen molar-refractivity contribution < 1.29 is 14.7 Å². The molecule has 0 saturated carbocycles. The Bertz CT molecular complexity index is 302. The lowest BCUT2D eigenvalue weighted by molar-refractivity contribution is -0.141. The summed E-state index contributed by atoms with van der Waals surface area (Å²) in [6.07, 6.45) is 5.08. The first-order valence-corrected chi connectivity index (χ1v) is 6.37. The summed E-state index contributed by atoms with van der Waals surface area (Å²) in [6.45, 7) is 2.28. The van der Waals surface area contributed by atoms with Crippen LogP contribution in [0.3, 0.4) is 0 Å². The van der Waals surface area contributed by atoms with E-state index < -0.39 is 11.9 Å². The number of amides is 2. The minimum Gasteiger partial charge on any atom is -0.481 e. The summed E-state index contributed by atoms with van der Waals surface area (Å²) in [5.41, 5.74) is 0. The normalized spacial score (nSPS) is 11.4. The molecule has 0 radical (unpaired) electrons. The molecule has 0 spiro atoms. The summed E-state index contributed by atoms with van der Waals surface area (Å²) in [4.78, 5) is 23.5. The van der Waals surface area contributed by atoms with Crippen molar-refractivity contribution in [3.63, 3.8) is 0 Å². The molecule has 0 aliphatic heterocycles. The highest BCUT2D eigenvalue weighted by atomic mass is 32.2. The Kier molecular flexibility index (Phi) is 8.07. The smallest absolute Gasteiger partial charge is 0.317 e. The Hall–Kier alpha value is -1.35. The molecule has 0 aliphatic rings. The lowest BCUT2D eigenvalue weighted by Crippen LogP contribution is -2.41. The summed E-state index contributed by atoms with van der Waals surface area (Å²) in [5.74, 6) is 2.39. The number of terminal acetylenes is 1. The molecule has 1 atom stereocenters. The second-order valence-electron chi connectivity index (χ2n) is 3.61. The first-order valence-electron chi connectivity index (χ1n) is 5.22. The lowest BCUT2D eigenvalue weighted by atomic mass is 10.2. The molecule has 0 heterocycles. The van der Waals surface area contributed by atoms with Crippen LogP contribution in [0.25, 0.3) is 0 Å². The molecule has 0 aromatic rings. The minimum absolute atomic E-state index is 0.193. The van der Waals surface area contributed by atoms with E-state index in [9.17, 15) is 9.59 Å². The van der Waals surface area contributed by atoms with Gasteiger partial charge in [0, 0.05) is 25.9 Å². The van der Waals surface area contributed by atoms with Gasteiger partial charge in [0.15, 0.2) is 0 Å². The fourth-order valence-corrected chi connectivity index (χ4v) is 1.58. The number of hydrogen-bond acceptors (Lipinski definition) is 3. The van der Waals surface area contributed by atoms with Crippen LogP contribution in [-0.4, -0.2) is 53.6 Å². The Balaban J connectivity index is 3.75. The summed E-state index contributed by atoms with van der Waals surface area (Å²) in [6, 6.07) is -0.264. The van der Waals surface area contributed by atoms with Gasteiger partial charge >= 0.3 is 12.0 Å². The van der Waals surface area contributed by atoms with Gasteiger partial charge in [-0.3, -0.25) is 4.79 Å². The van der Waals surface area contributed by atoms with Crippen LogP contribution in [0.2, 0.25) is 0 Å². The van der Waals surface area contributed by atoms with Crippen molar-refractivity contribution in [1.29, 1.82) is 0 Å². The van der Waals surface area contributed by atoms with Crippen molar-refractivity contribution in [1.82, 2.24) is 10.2 Å². The number of carbonyl (C=O) groups excluding carboxylic acids is 1. The molecule has 0 fully saturated rings. The van der Waals surface area contributed by atoms with Gasteiger partial charge in [0.1, 0.15) is 0 Å². The maximum absolute atomic E-state index is 11.5. The van der Waals surface area contributed by atoms with Crippen LogP contribution in [0.1, 0.15) is 6.92 Å². The fraction of sp³-hybridized carbons (Fsp3) is 0.636. The first kappa shape index (κ1) is 15.7. The van der Waals surface area contributed by atoms with Crippen LogP contribution < -0.4 is 5.32 Å². The van der Waals surface area contributed by atoms with E-state index in [4.69, 9.17) is 11.5 Å². The Labute approximate surface area is 106 Å². The number of carboxylic acids is 1. The molecule has 0 aliphatic carbocycles. The number of carboxylic acid groups (broad SMARTS) is 1. The molecular weight excluding hydrogens is 240 g/mol. The number of aliphatic carboxylic acids is 1. The molecule has 1 unspecified atom stereocenters. The number of nitrogens with zero attached hydrogens (tertiary/aromatic N) is 1. The second kappa shape index (κ2) is 8.76. The average Bonchev–Trinajstić information content (AvgIpc) is 2.28. The van der Waals surface area contributed by atoms with Gasteiger partial charge in [0.05, 0.1) is 11.7 Å². The SMILES string of the molecule is C#CCSCCNC(=O)N(C)CC(C)C(=O)O. The first-order chi connectivity index (χ1) is 7.99. The maximum atomic E-state index is 11.5. The van der Waals surface area contributed by atoms with Crippen molar-refractivity contribution in [2.24, 2.45) is 5.92 Å². The van der Waals surface area contributed by atoms with E-state index in [0.29, 0.717) is 12.3 Å². The minimum atomic E-state index is -0.908. The molecule has 0 aromatic carbocycles. The molecule has 17 heavy (non-hydrogen) atoms. The number of nitrogens with one attached hydrogen (secondary N) is 1. The van der Waals surface area contributed by atoms with E-state index in [-0.39, 0.29) is 12.6 Å². The van der Waals surface area contributed by atoms with Crippen molar-refractivity contribution >= 4 is 23.8 Å². The number of thioether (sulfide) groups is 1. The topological polar surface area (TPSA) is 69.6 Å². The Morgan fingerprint density at radius 1 is 1.59 bits per heavy atom. The summed E-state index contributed by atoms with van der Waals surface area (Å²) in [7, 11) is 1.57. The van der Waals surface area contributed by atoms with Gasteiger partial charge in [-0.1, -0.05) is 12.8 Å². The van der Waals surface area contributed by atoms with Gasteiger partial charge in [-0.25, -0.2) is 4.79 Å². The third-order valence-corrected chi connectivity index (χ3v) is 2.89. The number of hydrogen-bond donors (Lipinski definition) is 2. The van der Waals surface area contributed by atoms with Gasteiger partial charge in [-0.05, 0) is 0 Å². The maximum Gasteiger partial charge on any atom is 0.317 e. The number of carbonyl (C=O) groups is 2. The molecule has 0 aromatic heterocycles. The van der Waals surface area contributed by atoms with Gasteiger partial charge in [0.2, 0.25) is 0 Å². The van der Waals surface area contributed by atoms with Gasteiger partial charge < -0.3 is 15.3 Å². The molecule has 0 saturated heterocycles. The van der Waals surface area contributed by atoms with Crippen LogP contribution in [0.5, 0.6) is 0 Å². The highest BCUT2D eigenvalue weighted by Crippen LogP contribution is 1.99. The number of rotatable bonds is 7. The predicted molar refractivity (Wildman–Crippen MR) is 69.0 cm³/mol. The third kappa shape index (κ3) is 7.53. The zero-order valence-corrected chi connectivity index (χ0v) is 10.9. The second-order valence-corrected chi connectivity index (χ2v) is 4.71. The van der Waals surface area contributed by atoms with E-state index in [1.54, 1.807) is 25.7 Å².